The number of hydrogen-bond donors (Lipinski definition) is 2. The van der Waals surface area contributed by atoms with Gasteiger partial charge in [-0.3, -0.25) is 16.0 Å². The first-order valence-electron chi connectivity index (χ1n) is 7.12. The minimum Gasteiger partial charge on any atom is -0.271 e. The lowest BCUT2D eigenvalue weighted by atomic mass is 9.77. The molecule has 0 spiro atoms. The van der Waals surface area contributed by atoms with Gasteiger partial charge < -0.3 is 0 Å². The molecular weight excluding hydrogens is 349 g/mol. The first-order chi connectivity index (χ1) is 9.88. The lowest BCUT2D eigenvalue weighted by Gasteiger charge is -2.34. The quantitative estimate of drug-likeness (QED) is 0.631. The van der Waals surface area contributed by atoms with E-state index in [0.29, 0.717) is 19.4 Å². The smallest absolute Gasteiger partial charge is 0.271 e. The van der Waals surface area contributed by atoms with Crippen LogP contribution < -0.4 is 11.3 Å². The third-order valence-electron chi connectivity index (χ3n) is 4.31. The van der Waals surface area contributed by atoms with Crippen LogP contribution in [0.1, 0.15) is 44.3 Å². The van der Waals surface area contributed by atoms with E-state index in [2.05, 4.69) is 26.5 Å². The van der Waals surface area contributed by atoms with Crippen LogP contribution in [0.4, 0.5) is 13.2 Å². The molecule has 1 fully saturated rings. The van der Waals surface area contributed by atoms with E-state index < -0.39 is 12.1 Å². The highest BCUT2D eigenvalue weighted by Gasteiger charge is 2.43. The van der Waals surface area contributed by atoms with Gasteiger partial charge in [0.1, 0.15) is 0 Å². The minimum absolute atomic E-state index is 0.0897. The van der Waals surface area contributed by atoms with Crippen LogP contribution in [0.25, 0.3) is 0 Å². The third kappa shape index (κ3) is 3.60. The molecule has 4 nitrogen and oxygen atoms in total. The van der Waals surface area contributed by atoms with Gasteiger partial charge in [0.15, 0.2) is 0 Å². The molecule has 1 aliphatic carbocycles. The van der Waals surface area contributed by atoms with Crippen molar-refractivity contribution >= 4 is 15.9 Å². The van der Waals surface area contributed by atoms with Crippen LogP contribution in [0.3, 0.4) is 0 Å². The standard InChI is InChI=1S/C13H20BrF3N4/c1-2-21-12(10(14)7-19-21)11(20-18)8-3-5-9(6-4-8)13(15,16)17/h7-9,11,20H,2-6,18H2,1H3. The molecule has 0 bridgehead atoms. The summed E-state index contributed by atoms with van der Waals surface area (Å²) in [5.41, 5.74) is 3.68. The largest absolute Gasteiger partial charge is 0.391 e. The van der Waals surface area contributed by atoms with Gasteiger partial charge in [0.25, 0.3) is 0 Å². The molecule has 3 N–H and O–H groups in total. The van der Waals surface area contributed by atoms with E-state index in [9.17, 15) is 13.2 Å². The van der Waals surface area contributed by atoms with Crippen molar-refractivity contribution in [2.75, 3.05) is 0 Å². The number of aryl methyl sites for hydroxylation is 1. The number of aromatic nitrogens is 2. The average Bonchev–Trinajstić information content (AvgIpc) is 2.81. The highest BCUT2D eigenvalue weighted by Crippen LogP contribution is 2.43. The van der Waals surface area contributed by atoms with Crippen LogP contribution >= 0.6 is 15.9 Å². The van der Waals surface area contributed by atoms with Crippen LogP contribution in [0.2, 0.25) is 0 Å². The van der Waals surface area contributed by atoms with E-state index in [0.717, 1.165) is 10.2 Å². The van der Waals surface area contributed by atoms with Crippen molar-refractivity contribution in [3.8, 4) is 0 Å². The topological polar surface area (TPSA) is 55.9 Å². The van der Waals surface area contributed by atoms with Crippen LogP contribution in [-0.4, -0.2) is 16.0 Å². The van der Waals surface area contributed by atoms with E-state index in [1.807, 2.05) is 11.6 Å². The van der Waals surface area contributed by atoms with Gasteiger partial charge in [0, 0.05) is 6.54 Å². The van der Waals surface area contributed by atoms with Crippen molar-refractivity contribution in [3.63, 3.8) is 0 Å². The van der Waals surface area contributed by atoms with Crippen molar-refractivity contribution in [1.82, 2.24) is 15.2 Å². The SMILES string of the molecule is CCn1ncc(Br)c1C(NN)C1CCC(C(F)(F)F)CC1. The van der Waals surface area contributed by atoms with Crippen molar-refractivity contribution < 1.29 is 13.2 Å². The molecule has 1 aromatic rings. The van der Waals surface area contributed by atoms with E-state index >= 15 is 0 Å². The van der Waals surface area contributed by atoms with Crippen LogP contribution in [0.5, 0.6) is 0 Å². The molecule has 1 unspecified atom stereocenters. The normalized spacial score (nSPS) is 25.0. The third-order valence-corrected chi connectivity index (χ3v) is 4.92. The van der Waals surface area contributed by atoms with Gasteiger partial charge in [-0.25, -0.2) is 0 Å². The highest BCUT2D eigenvalue weighted by atomic mass is 79.9. The predicted molar refractivity (Wildman–Crippen MR) is 77.2 cm³/mol. The number of alkyl halides is 3. The summed E-state index contributed by atoms with van der Waals surface area (Å²) >= 11 is 3.45. The predicted octanol–water partition coefficient (Wildman–Crippen LogP) is 3.54. The zero-order valence-electron chi connectivity index (χ0n) is 11.8. The van der Waals surface area contributed by atoms with Crippen LogP contribution in [0, 0.1) is 11.8 Å². The van der Waals surface area contributed by atoms with Gasteiger partial charge in [-0.05, 0) is 54.5 Å². The van der Waals surface area contributed by atoms with Gasteiger partial charge in [0.05, 0.1) is 28.3 Å². The molecule has 0 amide bonds. The van der Waals surface area contributed by atoms with Gasteiger partial charge in [-0.1, -0.05) is 0 Å². The summed E-state index contributed by atoms with van der Waals surface area (Å²) in [6.07, 6.45) is -1.01. The Bertz CT molecular complexity index is 466. The summed E-state index contributed by atoms with van der Waals surface area (Å²) in [4.78, 5) is 0. The van der Waals surface area contributed by atoms with E-state index in [-0.39, 0.29) is 24.8 Å². The Morgan fingerprint density at radius 1 is 1.43 bits per heavy atom. The number of hydrazine groups is 1. The maximum atomic E-state index is 12.7. The summed E-state index contributed by atoms with van der Waals surface area (Å²) in [7, 11) is 0. The summed E-state index contributed by atoms with van der Waals surface area (Å²) < 4.78 is 40.9. The van der Waals surface area contributed by atoms with Crippen molar-refractivity contribution in [1.29, 1.82) is 0 Å². The number of nitrogens with zero attached hydrogens (tertiary/aromatic N) is 2. The lowest BCUT2D eigenvalue weighted by molar-refractivity contribution is -0.184. The number of rotatable bonds is 4. The number of halogens is 4. The molecule has 0 aliphatic heterocycles. The molecule has 120 valence electrons. The van der Waals surface area contributed by atoms with E-state index in [1.54, 1.807) is 6.20 Å². The Kier molecular flexibility index (Phi) is 5.32. The van der Waals surface area contributed by atoms with Gasteiger partial charge in [0.2, 0.25) is 0 Å². The Balaban J connectivity index is 2.11. The maximum absolute atomic E-state index is 12.7. The monoisotopic (exact) mass is 368 g/mol. The van der Waals surface area contributed by atoms with Crippen LogP contribution in [-0.2, 0) is 6.54 Å². The van der Waals surface area contributed by atoms with Gasteiger partial charge in [-0.15, -0.1) is 0 Å². The Hall–Kier alpha value is -0.600. The fourth-order valence-corrected chi connectivity index (χ4v) is 3.69. The van der Waals surface area contributed by atoms with E-state index in [4.69, 9.17) is 5.84 Å². The zero-order chi connectivity index (χ0) is 15.6. The first kappa shape index (κ1) is 16.8. The number of nitrogens with two attached hydrogens (primary N) is 1. The second-order valence-corrected chi connectivity index (χ2v) is 6.35. The van der Waals surface area contributed by atoms with Crippen LogP contribution in [0.15, 0.2) is 10.7 Å². The molecule has 1 aliphatic rings. The highest BCUT2D eigenvalue weighted by molar-refractivity contribution is 9.10. The Morgan fingerprint density at radius 3 is 2.52 bits per heavy atom. The Labute approximate surface area is 130 Å². The molecule has 0 radical (unpaired) electrons. The molecule has 0 aromatic carbocycles. The van der Waals surface area contributed by atoms with Crippen molar-refractivity contribution in [3.05, 3.63) is 16.4 Å². The molecular formula is C13H20BrF3N4. The maximum Gasteiger partial charge on any atom is 0.391 e. The average molecular weight is 369 g/mol. The molecule has 21 heavy (non-hydrogen) atoms. The minimum atomic E-state index is -4.08. The van der Waals surface area contributed by atoms with Gasteiger partial charge >= 0.3 is 6.18 Å². The second-order valence-electron chi connectivity index (χ2n) is 5.49. The lowest BCUT2D eigenvalue weighted by Crippen LogP contribution is -2.38. The Morgan fingerprint density at radius 2 is 2.05 bits per heavy atom. The number of nitrogens with one attached hydrogen (secondary N) is 1. The summed E-state index contributed by atoms with van der Waals surface area (Å²) in [5.74, 6) is 4.59. The summed E-state index contributed by atoms with van der Waals surface area (Å²) in [5, 5.41) is 4.25. The molecule has 2 rings (SSSR count). The van der Waals surface area contributed by atoms with Crippen molar-refractivity contribution in [2.45, 2.75) is 51.4 Å². The van der Waals surface area contributed by atoms with E-state index in [1.165, 1.54) is 0 Å². The number of hydrogen-bond acceptors (Lipinski definition) is 3. The summed E-state index contributed by atoms with van der Waals surface area (Å²) in [6, 6.07) is -0.184. The summed E-state index contributed by atoms with van der Waals surface area (Å²) in [6.45, 7) is 2.66. The first-order valence-corrected chi connectivity index (χ1v) is 7.91. The molecule has 1 aromatic heterocycles. The molecule has 0 saturated heterocycles. The fourth-order valence-electron chi connectivity index (χ4n) is 3.15. The molecule has 1 atom stereocenters. The van der Waals surface area contributed by atoms with Gasteiger partial charge in [-0.2, -0.15) is 18.3 Å². The molecule has 1 saturated carbocycles. The molecule has 1 heterocycles. The van der Waals surface area contributed by atoms with Crippen molar-refractivity contribution in [2.24, 2.45) is 17.7 Å². The molecule has 8 heteroatoms. The fraction of sp³-hybridized carbons (Fsp3) is 0.769. The second kappa shape index (κ2) is 6.66. The zero-order valence-corrected chi connectivity index (χ0v) is 13.4.